The molecule has 29 heavy (non-hydrogen) atoms. The van der Waals surface area contributed by atoms with E-state index in [1.165, 1.54) is 12.1 Å². The normalized spacial score (nSPS) is 19.2. The van der Waals surface area contributed by atoms with Crippen LogP contribution in [0.2, 0.25) is 0 Å². The van der Waals surface area contributed by atoms with E-state index in [-0.39, 0.29) is 24.6 Å². The topological polar surface area (TPSA) is 79.9 Å². The van der Waals surface area contributed by atoms with Crippen LogP contribution < -0.4 is 10.6 Å². The van der Waals surface area contributed by atoms with Gasteiger partial charge >= 0.3 is 6.03 Å². The molecule has 0 aromatic heterocycles. The van der Waals surface area contributed by atoms with E-state index in [0.29, 0.717) is 38.6 Å². The molecule has 0 saturated carbocycles. The summed E-state index contributed by atoms with van der Waals surface area (Å²) in [7, 11) is 0. The monoisotopic (exact) mass is 407 g/mol. The second-order valence-electron chi connectivity index (χ2n) is 7.57. The number of ether oxygens (including phenoxy) is 2. The standard InChI is InChI=1S/C21H30FN3O4/c1-2-3-18(24-21(27)23-14-15-4-6-17(22)7-5-15)19(26)25-10-8-16(9-11-25)20-28-12-13-29-20/h4-7,16,18,20H,2-3,8-14H2,1H3,(H2,23,24,27). The summed E-state index contributed by atoms with van der Waals surface area (Å²) in [6, 6.07) is 4.98. The molecular weight excluding hydrogens is 377 g/mol. The molecule has 0 spiro atoms. The highest BCUT2D eigenvalue weighted by Crippen LogP contribution is 2.26. The number of benzene rings is 1. The highest BCUT2D eigenvalue weighted by molar-refractivity contribution is 5.87. The third-order valence-electron chi connectivity index (χ3n) is 5.43. The molecule has 7 nitrogen and oxygen atoms in total. The fourth-order valence-electron chi connectivity index (χ4n) is 3.80. The van der Waals surface area contributed by atoms with Crippen molar-refractivity contribution in [1.82, 2.24) is 15.5 Å². The molecule has 1 unspecified atom stereocenters. The van der Waals surface area contributed by atoms with Crippen molar-refractivity contribution in [3.8, 4) is 0 Å². The molecule has 2 N–H and O–H groups in total. The van der Waals surface area contributed by atoms with Gasteiger partial charge in [-0.3, -0.25) is 4.79 Å². The number of piperidine rings is 1. The average molecular weight is 407 g/mol. The summed E-state index contributed by atoms with van der Waals surface area (Å²) >= 11 is 0. The zero-order valence-electron chi connectivity index (χ0n) is 16.9. The summed E-state index contributed by atoms with van der Waals surface area (Å²) in [5, 5.41) is 5.53. The van der Waals surface area contributed by atoms with Crippen LogP contribution in [0.15, 0.2) is 24.3 Å². The number of urea groups is 1. The molecule has 8 heteroatoms. The van der Waals surface area contributed by atoms with Gasteiger partial charge in [0.2, 0.25) is 5.91 Å². The zero-order valence-corrected chi connectivity index (χ0v) is 16.9. The lowest BCUT2D eigenvalue weighted by Crippen LogP contribution is -2.53. The Bertz CT molecular complexity index is 671. The van der Waals surface area contributed by atoms with Crippen LogP contribution in [-0.2, 0) is 20.8 Å². The summed E-state index contributed by atoms with van der Waals surface area (Å²) < 4.78 is 24.1. The maximum atomic E-state index is 13.0. The summed E-state index contributed by atoms with van der Waals surface area (Å²) in [5.41, 5.74) is 0.790. The number of carbonyl (C=O) groups is 2. The first-order valence-corrected chi connectivity index (χ1v) is 10.4. The van der Waals surface area contributed by atoms with E-state index in [1.807, 2.05) is 11.8 Å². The number of hydrogen-bond donors (Lipinski definition) is 2. The third-order valence-corrected chi connectivity index (χ3v) is 5.43. The van der Waals surface area contributed by atoms with E-state index in [0.717, 1.165) is 24.8 Å². The van der Waals surface area contributed by atoms with Gasteiger partial charge in [-0.1, -0.05) is 25.5 Å². The molecule has 0 aliphatic carbocycles. The van der Waals surface area contributed by atoms with Crippen LogP contribution in [0.4, 0.5) is 9.18 Å². The highest BCUT2D eigenvalue weighted by Gasteiger charge is 2.33. The Morgan fingerprint density at radius 2 is 1.83 bits per heavy atom. The minimum absolute atomic E-state index is 0.0458. The number of nitrogens with zero attached hydrogens (tertiary/aromatic N) is 1. The average Bonchev–Trinajstić information content (AvgIpc) is 3.27. The molecule has 2 aliphatic rings. The van der Waals surface area contributed by atoms with Gasteiger partial charge in [0.15, 0.2) is 6.29 Å². The number of amides is 3. The van der Waals surface area contributed by atoms with Gasteiger partial charge in [0.05, 0.1) is 13.2 Å². The Hall–Kier alpha value is -2.19. The van der Waals surface area contributed by atoms with E-state index in [9.17, 15) is 14.0 Å². The van der Waals surface area contributed by atoms with Crippen LogP contribution in [0.5, 0.6) is 0 Å². The van der Waals surface area contributed by atoms with Gasteiger partial charge in [-0.05, 0) is 37.0 Å². The van der Waals surface area contributed by atoms with E-state index in [2.05, 4.69) is 10.6 Å². The van der Waals surface area contributed by atoms with Crippen LogP contribution in [0.25, 0.3) is 0 Å². The van der Waals surface area contributed by atoms with E-state index < -0.39 is 12.1 Å². The zero-order chi connectivity index (χ0) is 20.6. The van der Waals surface area contributed by atoms with Gasteiger partial charge in [-0.25, -0.2) is 9.18 Å². The number of nitrogens with one attached hydrogen (secondary N) is 2. The van der Waals surface area contributed by atoms with Crippen molar-refractivity contribution in [3.63, 3.8) is 0 Å². The Labute approximate surface area is 170 Å². The van der Waals surface area contributed by atoms with E-state index in [1.54, 1.807) is 12.1 Å². The summed E-state index contributed by atoms with van der Waals surface area (Å²) in [6.45, 7) is 4.82. The Morgan fingerprint density at radius 1 is 1.17 bits per heavy atom. The molecule has 1 aromatic carbocycles. The third kappa shape index (κ3) is 6.14. The van der Waals surface area contributed by atoms with E-state index >= 15 is 0 Å². The van der Waals surface area contributed by atoms with Crippen molar-refractivity contribution in [1.29, 1.82) is 0 Å². The molecule has 0 radical (unpaired) electrons. The summed E-state index contributed by atoms with van der Waals surface area (Å²) in [4.78, 5) is 27.0. The molecule has 2 saturated heterocycles. The molecule has 3 amide bonds. The molecular formula is C21H30FN3O4. The number of halogens is 1. The Morgan fingerprint density at radius 3 is 2.45 bits per heavy atom. The minimum atomic E-state index is -0.552. The number of likely N-dealkylation sites (tertiary alicyclic amines) is 1. The quantitative estimate of drug-likeness (QED) is 0.728. The van der Waals surface area contributed by atoms with Crippen molar-refractivity contribution in [2.24, 2.45) is 5.92 Å². The first kappa shape index (κ1) is 21.5. The molecule has 160 valence electrons. The van der Waals surface area contributed by atoms with Gasteiger partial charge in [0.1, 0.15) is 11.9 Å². The molecule has 3 rings (SSSR count). The molecule has 1 atom stereocenters. The van der Waals surface area contributed by atoms with Crippen LogP contribution in [0.1, 0.15) is 38.2 Å². The Kier molecular flexibility index (Phi) is 7.83. The molecule has 1 aromatic rings. The summed E-state index contributed by atoms with van der Waals surface area (Å²) in [5.74, 6) is -0.0460. The van der Waals surface area contributed by atoms with Crippen LogP contribution in [0.3, 0.4) is 0 Å². The smallest absolute Gasteiger partial charge is 0.315 e. The number of carbonyl (C=O) groups excluding carboxylic acids is 2. The second kappa shape index (κ2) is 10.5. The summed E-state index contributed by atoms with van der Waals surface area (Å²) in [6.07, 6.45) is 2.90. The molecule has 2 aliphatic heterocycles. The highest BCUT2D eigenvalue weighted by atomic mass is 19.1. The lowest BCUT2D eigenvalue weighted by Gasteiger charge is -2.35. The van der Waals surface area contributed by atoms with Crippen LogP contribution in [-0.4, -0.2) is 55.5 Å². The fourth-order valence-corrected chi connectivity index (χ4v) is 3.80. The first-order chi connectivity index (χ1) is 14.1. The van der Waals surface area contributed by atoms with Crippen molar-refractivity contribution in [2.75, 3.05) is 26.3 Å². The van der Waals surface area contributed by atoms with Gasteiger partial charge < -0.3 is 25.0 Å². The number of rotatable bonds is 7. The van der Waals surface area contributed by atoms with Gasteiger partial charge in [-0.2, -0.15) is 0 Å². The minimum Gasteiger partial charge on any atom is -0.350 e. The largest absolute Gasteiger partial charge is 0.350 e. The van der Waals surface area contributed by atoms with Crippen molar-refractivity contribution in [2.45, 2.75) is 51.5 Å². The molecule has 0 bridgehead atoms. The van der Waals surface area contributed by atoms with Crippen molar-refractivity contribution in [3.05, 3.63) is 35.6 Å². The van der Waals surface area contributed by atoms with Gasteiger partial charge in [0, 0.05) is 25.6 Å². The maximum Gasteiger partial charge on any atom is 0.315 e. The molecule has 2 fully saturated rings. The number of hydrogen-bond acceptors (Lipinski definition) is 4. The van der Waals surface area contributed by atoms with Gasteiger partial charge in [0.25, 0.3) is 0 Å². The Balaban J connectivity index is 1.47. The first-order valence-electron chi connectivity index (χ1n) is 10.4. The molecule has 2 heterocycles. The lowest BCUT2D eigenvalue weighted by molar-refractivity contribution is -0.138. The SMILES string of the molecule is CCCC(NC(=O)NCc1ccc(F)cc1)C(=O)N1CCC(C2OCCO2)CC1. The lowest BCUT2D eigenvalue weighted by atomic mass is 9.95. The van der Waals surface area contributed by atoms with Crippen molar-refractivity contribution >= 4 is 11.9 Å². The van der Waals surface area contributed by atoms with Gasteiger partial charge in [-0.15, -0.1) is 0 Å². The second-order valence-corrected chi connectivity index (χ2v) is 7.57. The fraction of sp³-hybridized carbons (Fsp3) is 0.619. The predicted octanol–water partition coefficient (Wildman–Crippen LogP) is 2.41. The van der Waals surface area contributed by atoms with Crippen molar-refractivity contribution < 1.29 is 23.5 Å². The van der Waals surface area contributed by atoms with Crippen LogP contribution in [0, 0.1) is 11.7 Å². The predicted molar refractivity (Wildman–Crippen MR) is 105 cm³/mol. The van der Waals surface area contributed by atoms with E-state index in [4.69, 9.17) is 9.47 Å². The maximum absolute atomic E-state index is 13.0. The van der Waals surface area contributed by atoms with Crippen LogP contribution >= 0.6 is 0 Å².